The second kappa shape index (κ2) is 6.65. The van der Waals surface area contributed by atoms with Crippen molar-refractivity contribution in [3.05, 3.63) is 29.3 Å². The minimum absolute atomic E-state index is 0.467. The van der Waals surface area contributed by atoms with E-state index < -0.39 is 0 Å². The Morgan fingerprint density at radius 3 is 2.65 bits per heavy atom. The minimum atomic E-state index is 0.467. The van der Waals surface area contributed by atoms with Gasteiger partial charge in [-0.05, 0) is 24.6 Å². The highest BCUT2D eigenvalue weighted by Gasteiger charge is 2.11. The van der Waals surface area contributed by atoms with Gasteiger partial charge in [0.05, 0.1) is 5.69 Å². The molecule has 0 aromatic heterocycles. The monoisotopic (exact) mass is 252 g/mol. The van der Waals surface area contributed by atoms with Gasteiger partial charge in [0.25, 0.3) is 0 Å². The molecular formula is C14H21ClN2. The molecule has 0 aliphatic carbocycles. The molecule has 1 unspecified atom stereocenters. The fraction of sp³-hybridized carbons (Fsp3) is 0.500. The van der Waals surface area contributed by atoms with Crippen LogP contribution in [0.15, 0.2) is 29.3 Å². The van der Waals surface area contributed by atoms with Crippen LogP contribution in [-0.4, -0.2) is 24.8 Å². The lowest BCUT2D eigenvalue weighted by molar-refractivity contribution is 0.538. The molecule has 0 heterocycles. The molecule has 2 nitrogen and oxygen atoms in total. The second-order valence-corrected chi connectivity index (χ2v) is 4.97. The van der Waals surface area contributed by atoms with Gasteiger partial charge in [-0.1, -0.05) is 37.9 Å². The Hall–Kier alpha value is -1.02. The lowest BCUT2D eigenvalue weighted by atomic mass is 10.0. The van der Waals surface area contributed by atoms with E-state index in [2.05, 4.69) is 18.7 Å². The van der Waals surface area contributed by atoms with Gasteiger partial charge < -0.3 is 4.90 Å². The Morgan fingerprint density at radius 2 is 2.12 bits per heavy atom. The number of halogens is 1. The molecule has 0 aliphatic heterocycles. The fourth-order valence-corrected chi connectivity index (χ4v) is 2.08. The fourth-order valence-electron chi connectivity index (χ4n) is 1.89. The minimum Gasteiger partial charge on any atom is -0.366 e. The van der Waals surface area contributed by atoms with Crippen molar-refractivity contribution in [2.75, 3.05) is 14.1 Å². The summed E-state index contributed by atoms with van der Waals surface area (Å²) in [7, 11) is 4.07. The lowest BCUT2D eigenvalue weighted by Crippen LogP contribution is -2.28. The molecule has 17 heavy (non-hydrogen) atoms. The third-order valence-electron chi connectivity index (χ3n) is 2.67. The summed E-state index contributed by atoms with van der Waals surface area (Å²) in [6, 6.07) is 7.67. The molecule has 0 fully saturated rings. The molecule has 0 bridgehead atoms. The van der Waals surface area contributed by atoms with E-state index in [-0.39, 0.29) is 0 Å². The van der Waals surface area contributed by atoms with Crippen LogP contribution in [0.3, 0.4) is 0 Å². The Labute approximate surface area is 109 Å². The van der Waals surface area contributed by atoms with Gasteiger partial charge in [-0.15, -0.1) is 0 Å². The molecule has 0 amide bonds. The molecule has 1 rings (SSSR count). The summed E-state index contributed by atoms with van der Waals surface area (Å²) in [5, 5.41) is 0.729. The van der Waals surface area contributed by atoms with Crippen LogP contribution in [0, 0.1) is 5.92 Å². The number of amidine groups is 1. The number of benzene rings is 1. The van der Waals surface area contributed by atoms with E-state index in [1.165, 1.54) is 6.42 Å². The highest BCUT2D eigenvalue weighted by molar-refractivity contribution is 6.30. The Balaban J connectivity index is 2.97. The van der Waals surface area contributed by atoms with Crippen LogP contribution in [0.2, 0.25) is 5.02 Å². The first-order valence-corrected chi connectivity index (χ1v) is 6.43. The van der Waals surface area contributed by atoms with Crippen molar-refractivity contribution in [3.63, 3.8) is 0 Å². The maximum Gasteiger partial charge on any atom is 0.107 e. The average Bonchev–Trinajstić information content (AvgIpc) is 2.26. The summed E-state index contributed by atoms with van der Waals surface area (Å²) >= 11 is 5.97. The van der Waals surface area contributed by atoms with E-state index in [9.17, 15) is 0 Å². The van der Waals surface area contributed by atoms with Gasteiger partial charge in [-0.2, -0.15) is 0 Å². The third-order valence-corrected chi connectivity index (χ3v) is 2.91. The van der Waals surface area contributed by atoms with E-state index in [4.69, 9.17) is 16.6 Å². The Bertz CT molecular complexity index is 386. The Morgan fingerprint density at radius 1 is 1.41 bits per heavy atom. The van der Waals surface area contributed by atoms with Crippen LogP contribution in [0.4, 0.5) is 5.69 Å². The van der Waals surface area contributed by atoms with Crippen LogP contribution < -0.4 is 0 Å². The van der Waals surface area contributed by atoms with Crippen molar-refractivity contribution >= 4 is 23.1 Å². The number of aliphatic imine (C=N–C) groups is 1. The topological polar surface area (TPSA) is 15.6 Å². The first kappa shape index (κ1) is 14.0. The molecular weight excluding hydrogens is 232 g/mol. The molecule has 0 saturated heterocycles. The number of hydrogen-bond acceptors (Lipinski definition) is 1. The average molecular weight is 253 g/mol. The molecule has 0 N–H and O–H groups in total. The van der Waals surface area contributed by atoms with E-state index in [0.717, 1.165) is 23.0 Å². The predicted molar refractivity (Wildman–Crippen MR) is 76.3 cm³/mol. The Kier molecular flexibility index (Phi) is 5.49. The smallest absolute Gasteiger partial charge is 0.107 e. The molecule has 0 saturated carbocycles. The number of hydrogen-bond donors (Lipinski definition) is 0. The molecule has 0 aliphatic rings. The summed E-state index contributed by atoms with van der Waals surface area (Å²) in [6.45, 7) is 4.41. The van der Waals surface area contributed by atoms with Gasteiger partial charge in [0.15, 0.2) is 0 Å². The molecule has 1 atom stereocenters. The summed E-state index contributed by atoms with van der Waals surface area (Å²) in [5.41, 5.74) is 0.921. The van der Waals surface area contributed by atoms with Crippen LogP contribution >= 0.6 is 11.6 Å². The van der Waals surface area contributed by atoms with Gasteiger partial charge >= 0.3 is 0 Å². The van der Waals surface area contributed by atoms with Crippen molar-refractivity contribution in [3.8, 4) is 0 Å². The van der Waals surface area contributed by atoms with Crippen molar-refractivity contribution < 1.29 is 0 Å². The molecule has 0 spiro atoms. The van der Waals surface area contributed by atoms with Crippen LogP contribution in [0.1, 0.15) is 26.7 Å². The van der Waals surface area contributed by atoms with Gasteiger partial charge in [0.2, 0.25) is 0 Å². The summed E-state index contributed by atoms with van der Waals surface area (Å²) in [5.74, 6) is 1.57. The zero-order valence-electron chi connectivity index (χ0n) is 11.1. The van der Waals surface area contributed by atoms with E-state index in [0.29, 0.717) is 5.92 Å². The van der Waals surface area contributed by atoms with Gasteiger partial charge in [0, 0.05) is 25.0 Å². The molecule has 94 valence electrons. The largest absolute Gasteiger partial charge is 0.366 e. The van der Waals surface area contributed by atoms with Crippen molar-refractivity contribution in [1.29, 1.82) is 0 Å². The van der Waals surface area contributed by atoms with E-state index >= 15 is 0 Å². The molecule has 0 radical (unpaired) electrons. The first-order chi connectivity index (χ1) is 8.04. The van der Waals surface area contributed by atoms with Crippen molar-refractivity contribution in [2.24, 2.45) is 10.9 Å². The standard InChI is InChI=1S/C14H21ClN2/c1-5-7-11(2)14(17(3)4)16-13-9-6-8-12(15)10-13/h6,8-11H,5,7H2,1-4H3. The molecule has 3 heteroatoms. The highest BCUT2D eigenvalue weighted by Crippen LogP contribution is 2.20. The highest BCUT2D eigenvalue weighted by atomic mass is 35.5. The first-order valence-electron chi connectivity index (χ1n) is 6.06. The van der Waals surface area contributed by atoms with Crippen molar-refractivity contribution in [1.82, 2.24) is 4.90 Å². The lowest BCUT2D eigenvalue weighted by Gasteiger charge is -2.21. The van der Waals surface area contributed by atoms with Gasteiger partial charge in [-0.25, -0.2) is 4.99 Å². The van der Waals surface area contributed by atoms with Crippen LogP contribution in [-0.2, 0) is 0 Å². The zero-order valence-corrected chi connectivity index (χ0v) is 11.8. The van der Waals surface area contributed by atoms with Crippen LogP contribution in [0.25, 0.3) is 0 Å². The molecule has 1 aromatic rings. The predicted octanol–water partition coefficient (Wildman–Crippen LogP) is 4.37. The zero-order chi connectivity index (χ0) is 12.8. The van der Waals surface area contributed by atoms with E-state index in [1.807, 2.05) is 38.4 Å². The maximum atomic E-state index is 5.97. The van der Waals surface area contributed by atoms with Gasteiger partial charge in [-0.3, -0.25) is 0 Å². The molecule has 1 aromatic carbocycles. The number of nitrogens with zero attached hydrogens (tertiary/aromatic N) is 2. The summed E-state index contributed by atoms with van der Waals surface area (Å²) in [4.78, 5) is 6.78. The SMILES string of the molecule is CCCC(C)C(=Nc1cccc(Cl)c1)N(C)C. The summed E-state index contributed by atoms with van der Waals surface area (Å²) < 4.78 is 0. The normalized spacial score (nSPS) is 13.6. The quantitative estimate of drug-likeness (QED) is 0.574. The van der Waals surface area contributed by atoms with Crippen LogP contribution in [0.5, 0.6) is 0 Å². The number of rotatable bonds is 4. The maximum absolute atomic E-state index is 5.97. The van der Waals surface area contributed by atoms with E-state index in [1.54, 1.807) is 0 Å². The second-order valence-electron chi connectivity index (χ2n) is 4.53. The van der Waals surface area contributed by atoms with Crippen molar-refractivity contribution in [2.45, 2.75) is 26.7 Å². The van der Waals surface area contributed by atoms with Gasteiger partial charge in [0.1, 0.15) is 5.84 Å². The third kappa shape index (κ3) is 4.39. The summed E-state index contributed by atoms with van der Waals surface area (Å²) in [6.07, 6.45) is 2.32.